The maximum Gasteiger partial charge on any atom is 0.354 e. The Labute approximate surface area is 95.5 Å². The quantitative estimate of drug-likeness (QED) is 0.832. The highest BCUT2D eigenvalue weighted by atomic mass is 35.5. The number of nitrogens with zero attached hydrogens (tertiary/aromatic N) is 1. The van der Waals surface area contributed by atoms with Crippen LogP contribution in [0.3, 0.4) is 0 Å². The predicted octanol–water partition coefficient (Wildman–Crippen LogP) is 3.03. The molecule has 1 N–H and O–H groups in total. The zero-order valence-corrected chi connectivity index (χ0v) is 9.05. The van der Waals surface area contributed by atoms with Crippen LogP contribution in [0.5, 0.6) is 0 Å². The minimum absolute atomic E-state index is 0.00935. The highest BCUT2D eigenvalue weighted by molar-refractivity contribution is 6.36. The van der Waals surface area contributed by atoms with Crippen LogP contribution < -0.4 is 0 Å². The van der Waals surface area contributed by atoms with Gasteiger partial charge in [-0.25, -0.2) is 14.2 Å². The molecule has 1 heterocycles. The van der Waals surface area contributed by atoms with Gasteiger partial charge in [0.15, 0.2) is 5.69 Å². The third-order valence-electron chi connectivity index (χ3n) is 2.29. The maximum atomic E-state index is 13.5. The van der Waals surface area contributed by atoms with Crippen molar-refractivity contribution in [3.05, 3.63) is 40.3 Å². The number of carboxylic acids is 1. The Bertz CT molecular complexity index is 598. The molecule has 0 amide bonds. The first kappa shape index (κ1) is 10.8. The van der Waals surface area contributed by atoms with Crippen LogP contribution in [0.1, 0.15) is 16.1 Å². The molecule has 2 aromatic rings. The lowest BCUT2D eigenvalue weighted by Crippen LogP contribution is -2.02. The Morgan fingerprint density at radius 1 is 1.50 bits per heavy atom. The molecule has 1 aromatic carbocycles. The van der Waals surface area contributed by atoms with Gasteiger partial charge in [-0.2, -0.15) is 0 Å². The van der Waals surface area contributed by atoms with E-state index in [9.17, 15) is 9.18 Å². The number of carbonyl (C=O) groups is 1. The van der Waals surface area contributed by atoms with E-state index in [4.69, 9.17) is 16.7 Å². The van der Waals surface area contributed by atoms with Crippen LogP contribution in [0.25, 0.3) is 10.9 Å². The molecular weight excluding hydrogens is 233 g/mol. The van der Waals surface area contributed by atoms with Gasteiger partial charge < -0.3 is 5.11 Å². The zero-order valence-electron chi connectivity index (χ0n) is 8.29. The fourth-order valence-electron chi connectivity index (χ4n) is 1.53. The zero-order chi connectivity index (χ0) is 11.9. The van der Waals surface area contributed by atoms with Gasteiger partial charge in [0.05, 0.1) is 5.02 Å². The largest absolute Gasteiger partial charge is 0.477 e. The molecule has 0 aliphatic heterocycles. The molecule has 16 heavy (non-hydrogen) atoms. The van der Waals surface area contributed by atoms with Crippen molar-refractivity contribution in [2.24, 2.45) is 0 Å². The van der Waals surface area contributed by atoms with E-state index in [0.717, 1.165) is 5.56 Å². The molecule has 0 aliphatic rings. The summed E-state index contributed by atoms with van der Waals surface area (Å²) in [6.45, 7) is 1.76. The van der Waals surface area contributed by atoms with Crippen molar-refractivity contribution in [1.29, 1.82) is 0 Å². The van der Waals surface area contributed by atoms with Crippen molar-refractivity contribution in [3.8, 4) is 0 Å². The van der Waals surface area contributed by atoms with E-state index >= 15 is 0 Å². The van der Waals surface area contributed by atoms with Gasteiger partial charge in [0, 0.05) is 5.39 Å². The minimum Gasteiger partial charge on any atom is -0.477 e. The van der Waals surface area contributed by atoms with Gasteiger partial charge in [-0.1, -0.05) is 17.7 Å². The van der Waals surface area contributed by atoms with Gasteiger partial charge in [0.25, 0.3) is 0 Å². The molecule has 0 radical (unpaired) electrons. The number of rotatable bonds is 1. The lowest BCUT2D eigenvalue weighted by Gasteiger charge is -2.06. The maximum absolute atomic E-state index is 13.5. The molecule has 0 bridgehead atoms. The van der Waals surface area contributed by atoms with Crippen LogP contribution in [0.2, 0.25) is 5.02 Å². The molecule has 0 atom stereocenters. The van der Waals surface area contributed by atoms with Gasteiger partial charge in [-0.05, 0) is 24.6 Å². The third kappa shape index (κ3) is 1.61. The Morgan fingerprint density at radius 2 is 2.19 bits per heavy atom. The molecule has 0 fully saturated rings. The molecular formula is C11H7ClFNO2. The highest BCUT2D eigenvalue weighted by Gasteiger charge is 2.13. The van der Waals surface area contributed by atoms with E-state index in [2.05, 4.69) is 4.98 Å². The molecule has 82 valence electrons. The monoisotopic (exact) mass is 239 g/mol. The minimum atomic E-state index is -1.23. The average Bonchev–Trinajstić information content (AvgIpc) is 2.22. The third-order valence-corrected chi connectivity index (χ3v) is 2.59. The molecule has 0 aliphatic carbocycles. The number of aryl methyl sites for hydroxylation is 1. The van der Waals surface area contributed by atoms with E-state index in [1.807, 2.05) is 0 Å². The molecule has 0 unspecified atom stereocenters. The lowest BCUT2D eigenvalue weighted by molar-refractivity contribution is 0.0691. The smallest absolute Gasteiger partial charge is 0.354 e. The summed E-state index contributed by atoms with van der Waals surface area (Å²) in [6, 6.07) is 4.04. The van der Waals surface area contributed by atoms with Gasteiger partial charge in [-0.3, -0.25) is 0 Å². The first-order valence-electron chi connectivity index (χ1n) is 4.49. The van der Waals surface area contributed by atoms with Crippen molar-refractivity contribution in [2.75, 3.05) is 0 Å². The number of hydrogen-bond acceptors (Lipinski definition) is 2. The topological polar surface area (TPSA) is 50.2 Å². The molecule has 0 saturated carbocycles. The number of fused-ring (bicyclic) bond motifs is 1. The highest BCUT2D eigenvalue weighted by Crippen LogP contribution is 2.28. The molecule has 5 heteroatoms. The number of aromatic carboxylic acids is 1. The van der Waals surface area contributed by atoms with Crippen LogP contribution in [0.4, 0.5) is 4.39 Å². The average molecular weight is 240 g/mol. The second-order valence-corrected chi connectivity index (χ2v) is 3.79. The lowest BCUT2D eigenvalue weighted by atomic mass is 10.1. The van der Waals surface area contributed by atoms with E-state index in [1.165, 1.54) is 12.1 Å². The van der Waals surface area contributed by atoms with Crippen LogP contribution in [-0.2, 0) is 0 Å². The van der Waals surface area contributed by atoms with E-state index in [0.29, 0.717) is 5.39 Å². The predicted molar refractivity (Wildman–Crippen MR) is 58.4 cm³/mol. The van der Waals surface area contributed by atoms with Gasteiger partial charge in [-0.15, -0.1) is 0 Å². The Kier molecular flexibility index (Phi) is 2.52. The van der Waals surface area contributed by atoms with E-state index in [1.54, 1.807) is 13.0 Å². The van der Waals surface area contributed by atoms with Gasteiger partial charge >= 0.3 is 5.97 Å². The first-order valence-corrected chi connectivity index (χ1v) is 4.87. The van der Waals surface area contributed by atoms with Crippen LogP contribution in [-0.4, -0.2) is 16.1 Å². The molecule has 1 aromatic heterocycles. The van der Waals surface area contributed by atoms with Gasteiger partial charge in [0.2, 0.25) is 0 Å². The fraction of sp³-hybridized carbons (Fsp3) is 0.0909. The summed E-state index contributed by atoms with van der Waals surface area (Å²) < 4.78 is 13.5. The summed E-state index contributed by atoms with van der Waals surface area (Å²) in [7, 11) is 0. The normalized spacial score (nSPS) is 10.7. The van der Waals surface area contributed by atoms with E-state index < -0.39 is 11.8 Å². The molecule has 2 rings (SSSR count). The first-order chi connectivity index (χ1) is 7.50. The Morgan fingerprint density at radius 3 is 2.81 bits per heavy atom. The van der Waals surface area contributed by atoms with Crippen LogP contribution in [0, 0.1) is 12.7 Å². The summed E-state index contributed by atoms with van der Waals surface area (Å²) >= 11 is 5.91. The molecule has 0 saturated heterocycles. The van der Waals surface area contributed by atoms with Crippen LogP contribution in [0.15, 0.2) is 18.2 Å². The number of pyridine rings is 1. The second-order valence-electron chi connectivity index (χ2n) is 3.38. The van der Waals surface area contributed by atoms with Gasteiger partial charge in [0.1, 0.15) is 11.3 Å². The number of hydrogen-bond donors (Lipinski definition) is 1. The molecule has 0 spiro atoms. The second kappa shape index (κ2) is 3.72. The van der Waals surface area contributed by atoms with Crippen molar-refractivity contribution < 1.29 is 14.3 Å². The van der Waals surface area contributed by atoms with Crippen molar-refractivity contribution in [3.63, 3.8) is 0 Å². The van der Waals surface area contributed by atoms with Crippen LogP contribution >= 0.6 is 11.6 Å². The summed E-state index contributed by atoms with van der Waals surface area (Å²) in [6.07, 6.45) is 0. The van der Waals surface area contributed by atoms with E-state index in [-0.39, 0.29) is 16.2 Å². The fourth-order valence-corrected chi connectivity index (χ4v) is 1.87. The summed E-state index contributed by atoms with van der Waals surface area (Å²) in [4.78, 5) is 14.5. The van der Waals surface area contributed by atoms with Crippen molar-refractivity contribution in [2.45, 2.75) is 6.92 Å². The summed E-state index contributed by atoms with van der Waals surface area (Å²) in [5, 5.41) is 9.43. The van der Waals surface area contributed by atoms with Crippen molar-refractivity contribution >= 4 is 28.5 Å². The Balaban J connectivity index is 2.92. The number of aromatic nitrogens is 1. The summed E-state index contributed by atoms with van der Waals surface area (Å²) in [5.41, 5.74) is 0.484. The SMILES string of the molecule is Cc1ccc(F)c2nc(C(=O)O)cc(Cl)c12. The standard InChI is InChI=1S/C11H7ClFNO2/c1-5-2-3-7(13)10-9(5)6(12)4-8(14-10)11(15)16/h2-4H,1H3,(H,15,16). The molecule has 3 nitrogen and oxygen atoms in total. The Hall–Kier alpha value is -1.68. The summed E-state index contributed by atoms with van der Waals surface area (Å²) in [5.74, 6) is -1.81. The van der Waals surface area contributed by atoms with Crippen molar-refractivity contribution in [1.82, 2.24) is 4.98 Å². The number of carboxylic acid groups (broad SMARTS) is 1. The number of benzene rings is 1. The number of halogens is 2.